The molecule has 0 spiro atoms. The summed E-state index contributed by atoms with van der Waals surface area (Å²) in [5.41, 5.74) is 0.605. The van der Waals surface area contributed by atoms with Crippen molar-refractivity contribution < 1.29 is 19.0 Å². The Bertz CT molecular complexity index is 411. The van der Waals surface area contributed by atoms with Crippen LogP contribution in [0.15, 0.2) is 24.3 Å². The molecule has 1 rings (SSSR count). The maximum Gasteiger partial charge on any atom is 0.332 e. The van der Waals surface area contributed by atoms with Gasteiger partial charge in [0, 0.05) is 25.3 Å². The number of benzene rings is 1. The van der Waals surface area contributed by atoms with Crippen LogP contribution in [0.3, 0.4) is 0 Å². The molecule has 5 heteroatoms. The first-order chi connectivity index (χ1) is 9.04. The van der Waals surface area contributed by atoms with Gasteiger partial charge in [-0.3, -0.25) is 0 Å². The number of rotatable bonds is 8. The minimum Gasteiger partial charge on any atom is -0.479 e. The van der Waals surface area contributed by atoms with Gasteiger partial charge in [-0.15, -0.1) is 0 Å². The number of carbonyl (C=O) groups is 1. The molecule has 0 heterocycles. The first kappa shape index (κ1) is 15.6. The zero-order valence-electron chi connectivity index (χ0n) is 11.3. The highest BCUT2D eigenvalue weighted by Gasteiger charge is 2.18. The van der Waals surface area contributed by atoms with E-state index in [4.69, 9.17) is 9.84 Å². The molecular formula is C14H20FNO3. The van der Waals surface area contributed by atoms with Crippen molar-refractivity contribution in [2.24, 2.45) is 0 Å². The Labute approximate surface area is 112 Å². The van der Waals surface area contributed by atoms with Gasteiger partial charge in [-0.05, 0) is 26.5 Å². The second-order valence-corrected chi connectivity index (χ2v) is 4.40. The summed E-state index contributed by atoms with van der Waals surface area (Å²) in [5, 5.41) is 8.95. The molecular weight excluding hydrogens is 249 g/mol. The van der Waals surface area contributed by atoms with Crippen molar-refractivity contribution in [1.82, 2.24) is 4.90 Å². The predicted octanol–water partition coefficient (Wildman–Crippen LogP) is 2.14. The fraction of sp³-hybridized carbons (Fsp3) is 0.500. The quantitative estimate of drug-likeness (QED) is 0.785. The van der Waals surface area contributed by atoms with Crippen LogP contribution in [0.4, 0.5) is 4.39 Å². The number of hydrogen-bond donors (Lipinski definition) is 1. The summed E-state index contributed by atoms with van der Waals surface area (Å²) in [4.78, 5) is 12.8. The molecule has 0 amide bonds. The number of halogens is 1. The average molecular weight is 269 g/mol. The van der Waals surface area contributed by atoms with Crippen LogP contribution in [0, 0.1) is 5.82 Å². The third-order valence-corrected chi connectivity index (χ3v) is 2.81. The zero-order chi connectivity index (χ0) is 14.3. The number of nitrogens with zero attached hydrogens (tertiary/aromatic N) is 1. The lowest BCUT2D eigenvalue weighted by Gasteiger charge is -2.19. The average Bonchev–Trinajstić information content (AvgIpc) is 2.37. The van der Waals surface area contributed by atoms with Crippen LogP contribution in [0.5, 0.6) is 0 Å². The Hall–Kier alpha value is -1.46. The molecule has 1 aromatic carbocycles. The van der Waals surface area contributed by atoms with Crippen molar-refractivity contribution in [3.63, 3.8) is 0 Å². The van der Waals surface area contributed by atoms with Crippen LogP contribution in [0.2, 0.25) is 0 Å². The topological polar surface area (TPSA) is 49.8 Å². The van der Waals surface area contributed by atoms with Crippen molar-refractivity contribution in [3.05, 3.63) is 35.6 Å². The van der Waals surface area contributed by atoms with Crippen molar-refractivity contribution >= 4 is 5.97 Å². The monoisotopic (exact) mass is 269 g/mol. The summed E-state index contributed by atoms with van der Waals surface area (Å²) in [6.45, 7) is 3.11. The molecule has 0 saturated heterocycles. The molecule has 4 nitrogen and oxygen atoms in total. The van der Waals surface area contributed by atoms with Crippen molar-refractivity contribution in [3.8, 4) is 0 Å². The molecule has 0 fully saturated rings. The highest BCUT2D eigenvalue weighted by molar-refractivity contribution is 5.72. The molecule has 1 aromatic rings. The lowest BCUT2D eigenvalue weighted by Crippen LogP contribution is -2.30. The van der Waals surface area contributed by atoms with Crippen LogP contribution in [-0.2, 0) is 16.1 Å². The summed E-state index contributed by atoms with van der Waals surface area (Å²) in [5.74, 6) is -1.20. The maximum atomic E-state index is 13.5. The van der Waals surface area contributed by atoms with Gasteiger partial charge in [-0.25, -0.2) is 9.18 Å². The third kappa shape index (κ3) is 5.36. The van der Waals surface area contributed by atoms with Gasteiger partial charge in [0.2, 0.25) is 0 Å². The molecule has 1 unspecified atom stereocenters. The van der Waals surface area contributed by atoms with E-state index in [-0.39, 0.29) is 5.82 Å². The molecule has 0 bridgehead atoms. The predicted molar refractivity (Wildman–Crippen MR) is 70.4 cm³/mol. The molecule has 0 aromatic heterocycles. The van der Waals surface area contributed by atoms with Gasteiger partial charge in [0.25, 0.3) is 0 Å². The van der Waals surface area contributed by atoms with Gasteiger partial charge >= 0.3 is 5.97 Å². The van der Waals surface area contributed by atoms with E-state index in [1.807, 2.05) is 11.9 Å². The van der Waals surface area contributed by atoms with Crippen LogP contribution in [-0.4, -0.2) is 42.3 Å². The van der Waals surface area contributed by atoms with Gasteiger partial charge in [0.1, 0.15) is 5.82 Å². The fourth-order valence-electron chi connectivity index (χ4n) is 1.81. The van der Waals surface area contributed by atoms with Gasteiger partial charge in [-0.2, -0.15) is 0 Å². The summed E-state index contributed by atoms with van der Waals surface area (Å²) in [7, 11) is 1.83. The molecule has 106 valence electrons. The van der Waals surface area contributed by atoms with Crippen LogP contribution >= 0.6 is 0 Å². The smallest absolute Gasteiger partial charge is 0.332 e. The molecule has 1 N–H and O–H groups in total. The Morgan fingerprint density at radius 1 is 1.47 bits per heavy atom. The lowest BCUT2D eigenvalue weighted by atomic mass is 10.2. The molecule has 19 heavy (non-hydrogen) atoms. The molecule has 1 atom stereocenters. The van der Waals surface area contributed by atoms with E-state index in [0.29, 0.717) is 31.7 Å². The SMILES string of the molecule is CCOC(CCN(C)Cc1ccccc1F)C(=O)O. The second kappa shape index (κ2) is 7.86. The molecule has 0 radical (unpaired) electrons. The summed E-state index contributed by atoms with van der Waals surface area (Å²) in [6, 6.07) is 6.58. The summed E-state index contributed by atoms with van der Waals surface area (Å²) >= 11 is 0. The van der Waals surface area contributed by atoms with Gasteiger partial charge in [0.05, 0.1) is 0 Å². The maximum absolute atomic E-state index is 13.5. The van der Waals surface area contributed by atoms with Gasteiger partial charge in [0.15, 0.2) is 6.10 Å². The molecule has 0 aliphatic rings. The zero-order valence-corrected chi connectivity index (χ0v) is 11.3. The molecule has 0 aliphatic carbocycles. The van der Waals surface area contributed by atoms with Gasteiger partial charge in [-0.1, -0.05) is 18.2 Å². The van der Waals surface area contributed by atoms with Crippen LogP contribution in [0.25, 0.3) is 0 Å². The summed E-state index contributed by atoms with van der Waals surface area (Å²) in [6.07, 6.45) is -0.415. The van der Waals surface area contributed by atoms with Crippen LogP contribution < -0.4 is 0 Å². The van der Waals surface area contributed by atoms with E-state index in [1.165, 1.54) is 6.07 Å². The molecule has 0 aliphatic heterocycles. The van der Waals surface area contributed by atoms with E-state index < -0.39 is 12.1 Å². The number of carboxylic acids is 1. The fourth-order valence-corrected chi connectivity index (χ4v) is 1.81. The van der Waals surface area contributed by atoms with Crippen molar-refractivity contribution in [2.75, 3.05) is 20.2 Å². The van der Waals surface area contributed by atoms with Crippen molar-refractivity contribution in [1.29, 1.82) is 0 Å². The van der Waals surface area contributed by atoms with Gasteiger partial charge < -0.3 is 14.7 Å². The third-order valence-electron chi connectivity index (χ3n) is 2.81. The van der Waals surface area contributed by atoms with E-state index in [2.05, 4.69) is 0 Å². The van der Waals surface area contributed by atoms with E-state index in [0.717, 1.165) is 0 Å². The lowest BCUT2D eigenvalue weighted by molar-refractivity contribution is -0.150. The highest BCUT2D eigenvalue weighted by Crippen LogP contribution is 2.10. The highest BCUT2D eigenvalue weighted by atomic mass is 19.1. The Morgan fingerprint density at radius 3 is 2.74 bits per heavy atom. The first-order valence-electron chi connectivity index (χ1n) is 6.31. The standard InChI is InChI=1S/C14H20FNO3/c1-3-19-13(14(17)18)8-9-16(2)10-11-6-4-5-7-12(11)15/h4-7,13H,3,8-10H2,1-2H3,(H,17,18). The number of carboxylic acid groups (broad SMARTS) is 1. The first-order valence-corrected chi connectivity index (χ1v) is 6.31. The van der Waals surface area contributed by atoms with E-state index in [9.17, 15) is 9.18 Å². The van der Waals surface area contributed by atoms with Crippen LogP contribution in [0.1, 0.15) is 18.9 Å². The normalized spacial score (nSPS) is 12.6. The number of aliphatic carboxylic acids is 1. The Kier molecular flexibility index (Phi) is 6.45. The van der Waals surface area contributed by atoms with E-state index >= 15 is 0 Å². The largest absolute Gasteiger partial charge is 0.479 e. The number of ether oxygens (including phenoxy) is 1. The minimum atomic E-state index is -0.957. The van der Waals surface area contributed by atoms with Crippen molar-refractivity contribution in [2.45, 2.75) is 26.0 Å². The Balaban J connectivity index is 2.45. The molecule has 0 saturated carbocycles. The minimum absolute atomic E-state index is 0.242. The second-order valence-electron chi connectivity index (χ2n) is 4.40. The Morgan fingerprint density at radius 2 is 2.16 bits per heavy atom. The van der Waals surface area contributed by atoms with E-state index in [1.54, 1.807) is 25.1 Å². The summed E-state index contributed by atoms with van der Waals surface area (Å²) < 4.78 is 18.6. The number of hydrogen-bond acceptors (Lipinski definition) is 3.